The first-order chi connectivity index (χ1) is 7.63. The van der Waals surface area contributed by atoms with Gasteiger partial charge in [-0.05, 0) is 32.0 Å². The van der Waals surface area contributed by atoms with Crippen LogP contribution in [0.4, 0.5) is 0 Å². The molecule has 0 aliphatic rings. The van der Waals surface area contributed by atoms with E-state index in [1.807, 2.05) is 6.92 Å². The summed E-state index contributed by atoms with van der Waals surface area (Å²) in [5, 5.41) is 0.520. The molecule has 0 radical (unpaired) electrons. The standard InChI is InChI=1S/C12H15ClO3/c1-3-15-8-9(2)16-12(14)10-5-4-6-11(13)7-10/h4-7,9H,3,8H2,1-2H3. The Labute approximate surface area is 100 Å². The predicted molar refractivity (Wildman–Crippen MR) is 62.8 cm³/mol. The maximum absolute atomic E-state index is 11.6. The third kappa shape index (κ3) is 4.21. The molecule has 88 valence electrons. The van der Waals surface area contributed by atoms with Crippen LogP contribution in [-0.4, -0.2) is 25.3 Å². The van der Waals surface area contributed by atoms with Crippen molar-refractivity contribution in [3.05, 3.63) is 34.9 Å². The summed E-state index contributed by atoms with van der Waals surface area (Å²) in [5.41, 5.74) is 0.454. The first kappa shape index (κ1) is 13.0. The zero-order chi connectivity index (χ0) is 12.0. The van der Waals surface area contributed by atoms with E-state index in [4.69, 9.17) is 21.1 Å². The Morgan fingerprint density at radius 1 is 1.50 bits per heavy atom. The van der Waals surface area contributed by atoms with E-state index in [0.717, 1.165) is 0 Å². The third-order valence-corrected chi connectivity index (χ3v) is 2.16. The van der Waals surface area contributed by atoms with Crippen molar-refractivity contribution in [3.8, 4) is 0 Å². The Balaban J connectivity index is 2.52. The summed E-state index contributed by atoms with van der Waals surface area (Å²) < 4.78 is 10.3. The summed E-state index contributed by atoms with van der Waals surface area (Å²) in [6, 6.07) is 6.67. The smallest absolute Gasteiger partial charge is 0.338 e. The zero-order valence-corrected chi connectivity index (χ0v) is 10.2. The molecule has 0 saturated heterocycles. The number of carbonyl (C=O) groups is 1. The molecular weight excluding hydrogens is 228 g/mol. The summed E-state index contributed by atoms with van der Waals surface area (Å²) >= 11 is 5.78. The summed E-state index contributed by atoms with van der Waals surface area (Å²) in [7, 11) is 0. The number of hydrogen-bond donors (Lipinski definition) is 0. The van der Waals surface area contributed by atoms with Crippen LogP contribution in [0, 0.1) is 0 Å². The molecule has 1 aromatic rings. The fourth-order valence-corrected chi connectivity index (χ4v) is 1.37. The summed E-state index contributed by atoms with van der Waals surface area (Å²) in [6.07, 6.45) is -0.258. The molecule has 0 aromatic heterocycles. The van der Waals surface area contributed by atoms with Crippen LogP contribution >= 0.6 is 11.6 Å². The van der Waals surface area contributed by atoms with E-state index in [2.05, 4.69) is 0 Å². The Morgan fingerprint density at radius 2 is 2.25 bits per heavy atom. The molecule has 0 aliphatic carbocycles. The van der Waals surface area contributed by atoms with Crippen LogP contribution in [0.5, 0.6) is 0 Å². The molecule has 3 nitrogen and oxygen atoms in total. The molecule has 0 fully saturated rings. The number of hydrogen-bond acceptors (Lipinski definition) is 3. The lowest BCUT2D eigenvalue weighted by atomic mass is 10.2. The lowest BCUT2D eigenvalue weighted by molar-refractivity contribution is 0.00440. The van der Waals surface area contributed by atoms with Crippen LogP contribution in [0.15, 0.2) is 24.3 Å². The number of carbonyl (C=O) groups excluding carboxylic acids is 1. The van der Waals surface area contributed by atoms with Crippen LogP contribution < -0.4 is 0 Å². The average Bonchev–Trinajstić information content (AvgIpc) is 2.26. The van der Waals surface area contributed by atoms with E-state index < -0.39 is 0 Å². The molecule has 0 saturated carbocycles. The fraction of sp³-hybridized carbons (Fsp3) is 0.417. The molecular formula is C12H15ClO3. The van der Waals surface area contributed by atoms with Gasteiger partial charge in [-0.15, -0.1) is 0 Å². The Kier molecular flexibility index (Phi) is 5.29. The molecule has 0 spiro atoms. The van der Waals surface area contributed by atoms with Crippen LogP contribution in [0.2, 0.25) is 5.02 Å². The molecule has 0 bridgehead atoms. The van der Waals surface area contributed by atoms with Gasteiger partial charge in [0.2, 0.25) is 0 Å². The lowest BCUT2D eigenvalue weighted by Crippen LogP contribution is -2.20. The number of benzene rings is 1. The Hall–Kier alpha value is -1.06. The van der Waals surface area contributed by atoms with Crippen molar-refractivity contribution < 1.29 is 14.3 Å². The fourth-order valence-electron chi connectivity index (χ4n) is 1.18. The van der Waals surface area contributed by atoms with Gasteiger partial charge in [0.1, 0.15) is 6.10 Å². The van der Waals surface area contributed by atoms with Crippen molar-refractivity contribution in [2.45, 2.75) is 20.0 Å². The van der Waals surface area contributed by atoms with Crippen LogP contribution in [0.1, 0.15) is 24.2 Å². The second-order valence-electron chi connectivity index (χ2n) is 3.39. The summed E-state index contributed by atoms with van der Waals surface area (Å²) in [6.45, 7) is 4.70. The van der Waals surface area contributed by atoms with E-state index in [1.165, 1.54) is 0 Å². The van der Waals surface area contributed by atoms with E-state index in [9.17, 15) is 4.79 Å². The minimum atomic E-state index is -0.380. The quantitative estimate of drug-likeness (QED) is 0.745. The van der Waals surface area contributed by atoms with Crippen LogP contribution in [0.3, 0.4) is 0 Å². The van der Waals surface area contributed by atoms with Gasteiger partial charge in [0.25, 0.3) is 0 Å². The maximum atomic E-state index is 11.6. The van der Waals surface area contributed by atoms with E-state index in [0.29, 0.717) is 23.8 Å². The highest BCUT2D eigenvalue weighted by atomic mass is 35.5. The van der Waals surface area contributed by atoms with E-state index >= 15 is 0 Å². The van der Waals surface area contributed by atoms with Crippen molar-refractivity contribution in [3.63, 3.8) is 0 Å². The van der Waals surface area contributed by atoms with Gasteiger partial charge in [0, 0.05) is 11.6 Å². The van der Waals surface area contributed by atoms with Gasteiger partial charge in [0.15, 0.2) is 0 Å². The first-order valence-corrected chi connectivity index (χ1v) is 5.55. The Bertz CT molecular complexity index is 352. The molecule has 4 heteroatoms. The minimum absolute atomic E-state index is 0.258. The molecule has 0 amide bonds. The van der Waals surface area contributed by atoms with Crippen molar-refractivity contribution in [1.29, 1.82) is 0 Å². The predicted octanol–water partition coefficient (Wildman–Crippen LogP) is 2.92. The molecule has 0 N–H and O–H groups in total. The number of esters is 1. The number of ether oxygens (including phenoxy) is 2. The van der Waals surface area contributed by atoms with Gasteiger partial charge in [-0.3, -0.25) is 0 Å². The van der Waals surface area contributed by atoms with Gasteiger partial charge in [0.05, 0.1) is 12.2 Å². The SMILES string of the molecule is CCOCC(C)OC(=O)c1cccc(Cl)c1. The van der Waals surface area contributed by atoms with Gasteiger partial charge >= 0.3 is 5.97 Å². The first-order valence-electron chi connectivity index (χ1n) is 5.17. The maximum Gasteiger partial charge on any atom is 0.338 e. The largest absolute Gasteiger partial charge is 0.457 e. The molecule has 1 rings (SSSR count). The second kappa shape index (κ2) is 6.51. The number of rotatable bonds is 5. The van der Waals surface area contributed by atoms with Crippen LogP contribution in [0.25, 0.3) is 0 Å². The van der Waals surface area contributed by atoms with E-state index in [-0.39, 0.29) is 12.1 Å². The van der Waals surface area contributed by atoms with Crippen LogP contribution in [-0.2, 0) is 9.47 Å². The molecule has 0 aliphatic heterocycles. The molecule has 1 aromatic carbocycles. The van der Waals surface area contributed by atoms with Crippen molar-refractivity contribution in [2.24, 2.45) is 0 Å². The third-order valence-electron chi connectivity index (χ3n) is 1.93. The zero-order valence-electron chi connectivity index (χ0n) is 9.40. The van der Waals surface area contributed by atoms with Gasteiger partial charge < -0.3 is 9.47 Å². The highest BCUT2D eigenvalue weighted by Gasteiger charge is 2.11. The van der Waals surface area contributed by atoms with E-state index in [1.54, 1.807) is 31.2 Å². The normalized spacial score (nSPS) is 12.2. The minimum Gasteiger partial charge on any atom is -0.457 e. The lowest BCUT2D eigenvalue weighted by Gasteiger charge is -2.12. The highest BCUT2D eigenvalue weighted by molar-refractivity contribution is 6.30. The molecule has 1 atom stereocenters. The second-order valence-corrected chi connectivity index (χ2v) is 3.82. The molecule has 0 heterocycles. The van der Waals surface area contributed by atoms with Gasteiger partial charge in [-0.1, -0.05) is 17.7 Å². The monoisotopic (exact) mass is 242 g/mol. The summed E-state index contributed by atoms with van der Waals surface area (Å²) in [4.78, 5) is 11.6. The van der Waals surface area contributed by atoms with Crippen molar-refractivity contribution in [1.82, 2.24) is 0 Å². The molecule has 16 heavy (non-hydrogen) atoms. The van der Waals surface area contributed by atoms with Crippen molar-refractivity contribution >= 4 is 17.6 Å². The average molecular weight is 243 g/mol. The molecule has 1 unspecified atom stereocenters. The van der Waals surface area contributed by atoms with Gasteiger partial charge in [-0.25, -0.2) is 4.79 Å². The number of halogens is 1. The van der Waals surface area contributed by atoms with Crippen molar-refractivity contribution in [2.75, 3.05) is 13.2 Å². The van der Waals surface area contributed by atoms with Gasteiger partial charge in [-0.2, -0.15) is 0 Å². The highest BCUT2D eigenvalue weighted by Crippen LogP contribution is 2.12. The summed E-state index contributed by atoms with van der Waals surface area (Å²) in [5.74, 6) is -0.380. The Morgan fingerprint density at radius 3 is 2.88 bits per heavy atom. The topological polar surface area (TPSA) is 35.5 Å².